The van der Waals surface area contributed by atoms with Gasteiger partial charge in [0.05, 0.1) is 32.5 Å². The van der Waals surface area contributed by atoms with Gasteiger partial charge in [0, 0.05) is 19.2 Å². The Morgan fingerprint density at radius 3 is 2.09 bits per heavy atom. The van der Waals surface area contributed by atoms with Crippen LogP contribution in [0.4, 0.5) is 5.69 Å². The molecule has 32 heavy (non-hydrogen) atoms. The molecule has 0 aliphatic carbocycles. The molecule has 0 fully saturated rings. The van der Waals surface area contributed by atoms with E-state index in [0.29, 0.717) is 30.2 Å². The van der Waals surface area contributed by atoms with Crippen molar-refractivity contribution < 1.29 is 19.4 Å². The average molecular weight is 435 g/mol. The zero-order valence-corrected chi connectivity index (χ0v) is 18.5. The van der Waals surface area contributed by atoms with E-state index in [1.807, 2.05) is 36.4 Å². The minimum atomic E-state index is -0.175. The summed E-state index contributed by atoms with van der Waals surface area (Å²) >= 11 is 0. The van der Waals surface area contributed by atoms with E-state index < -0.39 is 0 Å². The number of aliphatic hydroxyl groups is 1. The molecule has 0 aromatic heterocycles. The van der Waals surface area contributed by atoms with Crippen molar-refractivity contribution in [3.05, 3.63) is 90.0 Å². The van der Waals surface area contributed by atoms with Gasteiger partial charge in [-0.15, -0.1) is 0 Å². The number of rotatable bonds is 11. The van der Waals surface area contributed by atoms with Gasteiger partial charge in [0.25, 0.3) is 0 Å². The van der Waals surface area contributed by atoms with E-state index >= 15 is 0 Å². The Kier molecular flexibility index (Phi) is 8.66. The van der Waals surface area contributed by atoms with E-state index in [4.69, 9.17) is 9.47 Å². The van der Waals surface area contributed by atoms with E-state index in [-0.39, 0.29) is 25.1 Å². The zero-order valence-electron chi connectivity index (χ0n) is 18.5. The van der Waals surface area contributed by atoms with E-state index in [0.717, 1.165) is 11.1 Å². The van der Waals surface area contributed by atoms with Crippen molar-refractivity contribution >= 4 is 11.6 Å². The number of hydrogen-bond donors (Lipinski definition) is 2. The van der Waals surface area contributed by atoms with Gasteiger partial charge in [-0.3, -0.25) is 9.69 Å². The number of carbonyl (C=O) groups is 1. The third kappa shape index (κ3) is 6.09. The van der Waals surface area contributed by atoms with Crippen LogP contribution in [-0.2, 0) is 4.79 Å². The molecular weight excluding hydrogens is 404 g/mol. The fourth-order valence-electron chi connectivity index (χ4n) is 3.74. The smallest absolute Gasteiger partial charge is 0.238 e. The molecule has 0 atom stereocenters. The van der Waals surface area contributed by atoms with Crippen LogP contribution in [0.15, 0.2) is 78.9 Å². The second kappa shape index (κ2) is 11.9. The van der Waals surface area contributed by atoms with Crippen molar-refractivity contribution in [1.82, 2.24) is 4.90 Å². The number of nitrogens with one attached hydrogen (secondary N) is 1. The largest absolute Gasteiger partial charge is 0.497 e. The maximum Gasteiger partial charge on any atom is 0.238 e. The van der Waals surface area contributed by atoms with Crippen LogP contribution in [0.5, 0.6) is 11.5 Å². The van der Waals surface area contributed by atoms with Gasteiger partial charge < -0.3 is 19.9 Å². The standard InChI is InChI=1S/C26H30N2O4/c1-31-22-14-15-24(32-2)23(18-22)27-25(30)19-28(16-9-17-29)26(20-10-5-3-6-11-20)21-12-7-4-8-13-21/h3-8,10-15,18,26,29H,9,16-17,19H2,1-2H3,(H,27,30). The van der Waals surface area contributed by atoms with Crippen LogP contribution in [-0.4, -0.2) is 49.8 Å². The number of benzene rings is 3. The molecule has 6 heteroatoms. The summed E-state index contributed by atoms with van der Waals surface area (Å²) in [6.07, 6.45) is 0.561. The lowest BCUT2D eigenvalue weighted by Gasteiger charge is -2.32. The molecule has 0 spiro atoms. The number of aliphatic hydroxyl groups excluding tert-OH is 1. The molecule has 3 rings (SSSR count). The van der Waals surface area contributed by atoms with Gasteiger partial charge in [0.2, 0.25) is 5.91 Å². The second-order valence-electron chi connectivity index (χ2n) is 7.39. The molecule has 0 aliphatic heterocycles. The Bertz CT molecular complexity index is 940. The van der Waals surface area contributed by atoms with Gasteiger partial charge in [-0.1, -0.05) is 60.7 Å². The number of nitrogens with zero attached hydrogens (tertiary/aromatic N) is 1. The highest BCUT2D eigenvalue weighted by Gasteiger charge is 2.24. The Labute approximate surface area is 189 Å². The predicted molar refractivity (Wildman–Crippen MR) is 126 cm³/mol. The van der Waals surface area contributed by atoms with Crippen molar-refractivity contribution in [3.63, 3.8) is 0 Å². The van der Waals surface area contributed by atoms with E-state index in [2.05, 4.69) is 34.5 Å². The highest BCUT2D eigenvalue weighted by atomic mass is 16.5. The van der Waals surface area contributed by atoms with Crippen LogP contribution in [0, 0.1) is 0 Å². The summed E-state index contributed by atoms with van der Waals surface area (Å²) in [4.78, 5) is 15.2. The molecule has 1 amide bonds. The van der Waals surface area contributed by atoms with Crippen molar-refractivity contribution in [3.8, 4) is 11.5 Å². The van der Waals surface area contributed by atoms with E-state index in [1.54, 1.807) is 32.4 Å². The fraction of sp³-hybridized carbons (Fsp3) is 0.269. The molecule has 0 aliphatic rings. The Morgan fingerprint density at radius 1 is 0.938 bits per heavy atom. The molecule has 0 bridgehead atoms. The van der Waals surface area contributed by atoms with Crippen LogP contribution in [0.25, 0.3) is 0 Å². The van der Waals surface area contributed by atoms with Gasteiger partial charge in [0.15, 0.2) is 0 Å². The lowest BCUT2D eigenvalue weighted by atomic mass is 9.96. The van der Waals surface area contributed by atoms with E-state index in [9.17, 15) is 9.90 Å². The Balaban J connectivity index is 1.88. The lowest BCUT2D eigenvalue weighted by Crippen LogP contribution is -2.38. The Hall–Kier alpha value is -3.35. The van der Waals surface area contributed by atoms with Crippen LogP contribution in [0.1, 0.15) is 23.6 Å². The topological polar surface area (TPSA) is 71.0 Å². The molecule has 3 aromatic carbocycles. The fourth-order valence-corrected chi connectivity index (χ4v) is 3.74. The number of ether oxygens (including phenoxy) is 2. The summed E-state index contributed by atoms with van der Waals surface area (Å²) in [5.41, 5.74) is 2.72. The third-order valence-corrected chi connectivity index (χ3v) is 5.23. The van der Waals surface area contributed by atoms with Crippen LogP contribution >= 0.6 is 0 Å². The molecule has 0 heterocycles. The maximum atomic E-state index is 13.1. The van der Waals surface area contributed by atoms with Gasteiger partial charge >= 0.3 is 0 Å². The second-order valence-corrected chi connectivity index (χ2v) is 7.39. The number of anilines is 1. The summed E-state index contributed by atoms with van der Waals surface area (Å²) in [5.74, 6) is 1.01. The number of hydrogen-bond acceptors (Lipinski definition) is 5. The lowest BCUT2D eigenvalue weighted by molar-refractivity contribution is -0.117. The first-order chi connectivity index (χ1) is 15.7. The Morgan fingerprint density at radius 2 is 1.56 bits per heavy atom. The van der Waals surface area contributed by atoms with Crippen molar-refractivity contribution in [2.75, 3.05) is 39.2 Å². The summed E-state index contributed by atoms with van der Waals surface area (Å²) in [6.45, 7) is 0.764. The van der Waals surface area contributed by atoms with Gasteiger partial charge in [-0.25, -0.2) is 0 Å². The van der Waals surface area contributed by atoms with Gasteiger partial charge in [-0.05, 0) is 29.7 Å². The minimum Gasteiger partial charge on any atom is -0.497 e. The molecule has 6 nitrogen and oxygen atoms in total. The first-order valence-corrected chi connectivity index (χ1v) is 10.6. The zero-order chi connectivity index (χ0) is 22.8. The van der Waals surface area contributed by atoms with Gasteiger partial charge in [-0.2, -0.15) is 0 Å². The number of amides is 1. The molecule has 0 unspecified atom stereocenters. The van der Waals surface area contributed by atoms with Crippen LogP contribution in [0.3, 0.4) is 0 Å². The summed E-state index contributed by atoms with van der Waals surface area (Å²) < 4.78 is 10.7. The number of carbonyl (C=O) groups excluding carboxylic acids is 1. The molecule has 0 saturated heterocycles. The molecule has 168 valence electrons. The van der Waals surface area contributed by atoms with Crippen LogP contribution in [0.2, 0.25) is 0 Å². The van der Waals surface area contributed by atoms with Crippen molar-refractivity contribution in [1.29, 1.82) is 0 Å². The summed E-state index contributed by atoms with van der Waals surface area (Å²) in [6, 6.07) is 25.3. The third-order valence-electron chi connectivity index (χ3n) is 5.23. The SMILES string of the molecule is COc1ccc(OC)c(NC(=O)CN(CCCO)C(c2ccccc2)c2ccccc2)c1. The molecule has 0 radical (unpaired) electrons. The highest BCUT2D eigenvalue weighted by molar-refractivity contribution is 5.94. The average Bonchev–Trinajstić information content (AvgIpc) is 2.83. The molecule has 2 N–H and O–H groups in total. The molecular formula is C26H30N2O4. The normalized spacial score (nSPS) is 10.9. The summed E-state index contributed by atoms with van der Waals surface area (Å²) in [7, 11) is 3.14. The monoisotopic (exact) mass is 434 g/mol. The first kappa shape index (κ1) is 23.3. The predicted octanol–water partition coefficient (Wildman–Crippen LogP) is 4.12. The van der Waals surface area contributed by atoms with Crippen LogP contribution < -0.4 is 14.8 Å². The molecule has 3 aromatic rings. The van der Waals surface area contributed by atoms with E-state index in [1.165, 1.54) is 0 Å². The minimum absolute atomic E-state index is 0.0537. The quantitative estimate of drug-likeness (QED) is 0.475. The first-order valence-electron chi connectivity index (χ1n) is 10.6. The molecule has 0 saturated carbocycles. The summed E-state index contributed by atoms with van der Waals surface area (Å²) in [5, 5.41) is 12.4. The van der Waals surface area contributed by atoms with Crippen molar-refractivity contribution in [2.45, 2.75) is 12.5 Å². The maximum absolute atomic E-state index is 13.1. The van der Waals surface area contributed by atoms with Gasteiger partial charge in [0.1, 0.15) is 11.5 Å². The van der Waals surface area contributed by atoms with Crippen molar-refractivity contribution in [2.24, 2.45) is 0 Å². The number of methoxy groups -OCH3 is 2. The highest BCUT2D eigenvalue weighted by Crippen LogP contribution is 2.31.